The summed E-state index contributed by atoms with van der Waals surface area (Å²) < 4.78 is 28.4. The van der Waals surface area contributed by atoms with Gasteiger partial charge in [0, 0.05) is 6.54 Å². The van der Waals surface area contributed by atoms with Gasteiger partial charge in [-0.3, -0.25) is 4.55 Å². The van der Waals surface area contributed by atoms with Crippen molar-refractivity contribution in [2.75, 3.05) is 12.3 Å². The second kappa shape index (κ2) is 6.49. The molecular weight excluding hydrogens is 177 g/mol. The van der Waals surface area contributed by atoms with Crippen molar-refractivity contribution in [3.8, 4) is 0 Å². The molecular formula is C5H10LiNO4S. The van der Waals surface area contributed by atoms with Gasteiger partial charge >= 0.3 is 18.9 Å². The minimum absolute atomic E-state index is 0. The van der Waals surface area contributed by atoms with Gasteiger partial charge in [0.1, 0.15) is 0 Å². The van der Waals surface area contributed by atoms with E-state index in [1.807, 2.05) is 0 Å². The van der Waals surface area contributed by atoms with Gasteiger partial charge in [0.2, 0.25) is 0 Å². The van der Waals surface area contributed by atoms with Crippen LogP contribution in [0.5, 0.6) is 0 Å². The fraction of sp³-hybridized carbons (Fsp3) is 0.800. The molecule has 0 unspecified atom stereocenters. The zero-order valence-electron chi connectivity index (χ0n) is 7.15. The molecule has 0 aromatic heterocycles. The van der Waals surface area contributed by atoms with E-state index in [9.17, 15) is 13.5 Å². The summed E-state index contributed by atoms with van der Waals surface area (Å²) in [6.07, 6.45) is 0.179. The summed E-state index contributed by atoms with van der Waals surface area (Å²) in [7, 11) is -3.89. The molecule has 5 nitrogen and oxygen atoms in total. The van der Waals surface area contributed by atoms with Crippen LogP contribution in [0.1, 0.15) is 13.3 Å². The minimum Gasteiger partial charge on any atom is -0.862 e. The van der Waals surface area contributed by atoms with Crippen molar-refractivity contribution in [2.45, 2.75) is 13.3 Å². The third kappa shape index (κ3) is 12.6. The van der Waals surface area contributed by atoms with Crippen LogP contribution in [0.25, 0.3) is 0 Å². The van der Waals surface area contributed by atoms with Gasteiger partial charge in [0.15, 0.2) is 0 Å². The van der Waals surface area contributed by atoms with Crippen LogP contribution in [0.2, 0.25) is 0 Å². The maximum absolute atomic E-state index is 10.2. The van der Waals surface area contributed by atoms with Crippen molar-refractivity contribution >= 4 is 16.0 Å². The van der Waals surface area contributed by atoms with Crippen molar-refractivity contribution < 1.29 is 36.9 Å². The maximum atomic E-state index is 10.2. The smallest absolute Gasteiger partial charge is 0.862 e. The molecule has 0 aliphatic heterocycles. The van der Waals surface area contributed by atoms with Crippen LogP contribution in [0.3, 0.4) is 0 Å². The first-order valence-corrected chi connectivity index (χ1v) is 4.66. The minimum atomic E-state index is -3.89. The first kappa shape index (κ1) is 14.5. The van der Waals surface area contributed by atoms with Crippen LogP contribution in [-0.4, -0.2) is 31.2 Å². The number of hydrogen-bond donors (Lipinski definition) is 1. The first-order chi connectivity index (χ1) is 4.92. The molecule has 0 aromatic carbocycles. The molecule has 7 heteroatoms. The molecule has 0 atom stereocenters. The van der Waals surface area contributed by atoms with Gasteiger partial charge in [-0.1, -0.05) is 0 Å². The number of aliphatic imine (C=N–C) groups is 1. The van der Waals surface area contributed by atoms with E-state index in [2.05, 4.69) is 4.99 Å². The Hall–Kier alpha value is -0.0226. The van der Waals surface area contributed by atoms with E-state index in [4.69, 9.17) is 4.55 Å². The Morgan fingerprint density at radius 2 is 2.08 bits per heavy atom. The zero-order valence-corrected chi connectivity index (χ0v) is 7.97. The Morgan fingerprint density at radius 1 is 1.58 bits per heavy atom. The van der Waals surface area contributed by atoms with Crippen LogP contribution in [0.4, 0.5) is 0 Å². The van der Waals surface area contributed by atoms with E-state index in [-0.39, 0.29) is 43.5 Å². The molecule has 0 spiro atoms. The molecule has 0 amide bonds. The van der Waals surface area contributed by atoms with Gasteiger partial charge in [0.05, 0.1) is 5.75 Å². The molecule has 0 bridgehead atoms. The van der Waals surface area contributed by atoms with E-state index in [1.54, 1.807) is 0 Å². The molecule has 0 aromatic rings. The van der Waals surface area contributed by atoms with Crippen molar-refractivity contribution in [3.63, 3.8) is 0 Å². The van der Waals surface area contributed by atoms with Crippen molar-refractivity contribution in [3.05, 3.63) is 0 Å². The molecule has 0 rings (SSSR count). The fourth-order valence-electron chi connectivity index (χ4n) is 0.483. The fourth-order valence-corrected chi connectivity index (χ4v) is 0.977. The predicted molar refractivity (Wildman–Crippen MR) is 39.0 cm³/mol. The standard InChI is InChI=1S/C5H11NO4S.Li/c1-5(7)6-3-2-4-11(8,9)10;/h2-4H2,1H3,(H,6,7)(H,8,9,10);/q;+1/p-1. The zero-order chi connectivity index (χ0) is 8.91. The van der Waals surface area contributed by atoms with Gasteiger partial charge in [0.25, 0.3) is 10.1 Å². The van der Waals surface area contributed by atoms with Gasteiger partial charge in [-0.2, -0.15) is 8.42 Å². The van der Waals surface area contributed by atoms with Crippen molar-refractivity contribution in [1.82, 2.24) is 0 Å². The SMILES string of the molecule is CC([O-])=NCCCS(=O)(=O)O.[Li+]. The molecule has 0 heterocycles. The maximum Gasteiger partial charge on any atom is 1.00 e. The van der Waals surface area contributed by atoms with Crippen LogP contribution in [-0.2, 0) is 10.1 Å². The summed E-state index contributed by atoms with van der Waals surface area (Å²) in [5.74, 6) is -0.676. The molecule has 0 aliphatic rings. The molecule has 12 heavy (non-hydrogen) atoms. The van der Waals surface area contributed by atoms with Crippen molar-refractivity contribution in [2.24, 2.45) is 4.99 Å². The summed E-state index contributed by atoms with van der Waals surface area (Å²) in [6.45, 7) is 1.43. The number of hydrogen-bond acceptors (Lipinski definition) is 4. The molecule has 66 valence electrons. The second-order valence-corrected chi connectivity index (χ2v) is 3.61. The van der Waals surface area contributed by atoms with Gasteiger partial charge < -0.3 is 10.1 Å². The molecule has 0 radical (unpaired) electrons. The van der Waals surface area contributed by atoms with Gasteiger partial charge in [-0.05, 0) is 19.2 Å². The molecule has 0 saturated carbocycles. The van der Waals surface area contributed by atoms with Gasteiger partial charge in [-0.15, -0.1) is 0 Å². The van der Waals surface area contributed by atoms with Gasteiger partial charge in [-0.25, -0.2) is 0 Å². The quantitative estimate of drug-likeness (QED) is 0.160. The Morgan fingerprint density at radius 3 is 2.42 bits per heavy atom. The van der Waals surface area contributed by atoms with Crippen LogP contribution < -0.4 is 24.0 Å². The third-order valence-corrected chi connectivity index (χ3v) is 1.70. The van der Waals surface area contributed by atoms with Crippen LogP contribution >= 0.6 is 0 Å². The number of rotatable bonds is 4. The summed E-state index contributed by atoms with van der Waals surface area (Å²) in [4.78, 5) is 3.41. The molecule has 0 fully saturated rings. The monoisotopic (exact) mass is 187 g/mol. The van der Waals surface area contributed by atoms with E-state index < -0.39 is 10.1 Å². The Balaban J connectivity index is 0. The Labute approximate surface area is 83.8 Å². The summed E-state index contributed by atoms with van der Waals surface area (Å²) >= 11 is 0. The van der Waals surface area contributed by atoms with Crippen LogP contribution in [0.15, 0.2) is 4.99 Å². The first-order valence-electron chi connectivity index (χ1n) is 3.05. The molecule has 0 saturated heterocycles. The summed E-state index contributed by atoms with van der Waals surface area (Å²) in [5, 5.41) is 10.2. The average Bonchev–Trinajstić information content (AvgIpc) is 1.78. The molecule has 0 aliphatic carbocycles. The molecule has 1 N–H and O–H groups in total. The largest absolute Gasteiger partial charge is 1.00 e. The van der Waals surface area contributed by atoms with E-state index >= 15 is 0 Å². The predicted octanol–water partition coefficient (Wildman–Crippen LogP) is -3.95. The number of nitrogens with zero attached hydrogens (tertiary/aromatic N) is 1. The average molecular weight is 187 g/mol. The normalized spacial score (nSPS) is 12.3. The Bertz CT molecular complexity index is 232. The van der Waals surface area contributed by atoms with E-state index in [0.29, 0.717) is 0 Å². The van der Waals surface area contributed by atoms with Crippen molar-refractivity contribution in [1.29, 1.82) is 0 Å². The van der Waals surface area contributed by atoms with Crippen LogP contribution in [0, 0.1) is 0 Å². The van der Waals surface area contributed by atoms with E-state index in [0.717, 1.165) is 0 Å². The summed E-state index contributed by atoms with van der Waals surface area (Å²) in [6, 6.07) is 0. The summed E-state index contributed by atoms with van der Waals surface area (Å²) in [5.41, 5.74) is 0. The van der Waals surface area contributed by atoms with E-state index in [1.165, 1.54) is 6.92 Å². The topological polar surface area (TPSA) is 89.8 Å². The second-order valence-electron chi connectivity index (χ2n) is 2.04. The third-order valence-electron chi connectivity index (χ3n) is 0.895. The Kier molecular flexibility index (Phi) is 7.84.